The summed E-state index contributed by atoms with van der Waals surface area (Å²) in [4.78, 5) is 2.15. The molecule has 1 aliphatic heterocycles. The van der Waals surface area contributed by atoms with Gasteiger partial charge in [-0.1, -0.05) is 5.16 Å². The van der Waals surface area contributed by atoms with E-state index in [2.05, 4.69) is 26.0 Å². The molecule has 2 atom stereocenters. The number of morpholine rings is 1. The summed E-state index contributed by atoms with van der Waals surface area (Å²) in [6.07, 6.45) is -0.133. The predicted molar refractivity (Wildman–Crippen MR) is 80.3 cm³/mol. The van der Waals surface area contributed by atoms with Gasteiger partial charge in [0, 0.05) is 23.1 Å². The van der Waals surface area contributed by atoms with Crippen LogP contribution in [0.15, 0.2) is 27.8 Å². The van der Waals surface area contributed by atoms with Crippen LogP contribution < -0.4 is 10.6 Å². The quantitative estimate of drug-likeness (QED) is 0.331. The largest absolute Gasteiger partial charge is 0.409 e. The van der Waals surface area contributed by atoms with Crippen LogP contribution in [0.25, 0.3) is 0 Å². The van der Waals surface area contributed by atoms with Crippen LogP contribution in [0.5, 0.6) is 0 Å². The molecule has 6 nitrogen and oxygen atoms in total. The van der Waals surface area contributed by atoms with Crippen molar-refractivity contribution in [1.82, 2.24) is 0 Å². The van der Waals surface area contributed by atoms with Crippen LogP contribution in [-0.2, 0) is 4.74 Å². The Bertz CT molecular complexity index is 510. The minimum absolute atomic E-state index is 0.000656. The first-order valence-electron chi connectivity index (χ1n) is 6.34. The summed E-state index contributed by atoms with van der Waals surface area (Å²) < 4.78 is 6.48. The van der Waals surface area contributed by atoms with E-state index in [9.17, 15) is 5.11 Å². The second-order valence-corrected chi connectivity index (χ2v) is 5.66. The number of aliphatic hydroxyl groups is 1. The number of aliphatic hydroxyl groups excluding tert-OH is 1. The Kier molecular flexibility index (Phi) is 4.85. The van der Waals surface area contributed by atoms with Gasteiger partial charge in [0.2, 0.25) is 0 Å². The van der Waals surface area contributed by atoms with Gasteiger partial charge in [0.05, 0.1) is 24.5 Å². The van der Waals surface area contributed by atoms with Crippen molar-refractivity contribution in [3.63, 3.8) is 0 Å². The topological polar surface area (TPSA) is 91.3 Å². The summed E-state index contributed by atoms with van der Waals surface area (Å²) >= 11 is 3.50. The number of anilines is 1. The van der Waals surface area contributed by atoms with Crippen molar-refractivity contribution in [3.05, 3.63) is 28.2 Å². The van der Waals surface area contributed by atoms with Crippen molar-refractivity contribution in [3.8, 4) is 0 Å². The Morgan fingerprint density at radius 1 is 1.55 bits per heavy atom. The molecule has 0 amide bonds. The number of rotatable bonds is 3. The highest BCUT2D eigenvalue weighted by Gasteiger charge is 2.26. The monoisotopic (exact) mass is 343 g/mol. The summed E-state index contributed by atoms with van der Waals surface area (Å²) in [5.74, 6) is 0.0702. The van der Waals surface area contributed by atoms with E-state index in [1.54, 1.807) is 12.1 Å². The molecule has 0 radical (unpaired) electrons. The van der Waals surface area contributed by atoms with Crippen LogP contribution in [0.2, 0.25) is 0 Å². The molecule has 0 aliphatic carbocycles. The molecular formula is C13H18BrN3O3. The van der Waals surface area contributed by atoms with Gasteiger partial charge in [-0.25, -0.2) is 0 Å². The van der Waals surface area contributed by atoms with Crippen LogP contribution in [0.3, 0.4) is 0 Å². The number of amidine groups is 1. The third-order valence-corrected chi connectivity index (χ3v) is 3.86. The van der Waals surface area contributed by atoms with E-state index in [0.29, 0.717) is 12.1 Å². The highest BCUT2D eigenvalue weighted by atomic mass is 79.9. The average molecular weight is 344 g/mol. The fourth-order valence-corrected chi connectivity index (χ4v) is 2.95. The molecule has 4 N–H and O–H groups in total. The maximum atomic E-state index is 9.27. The molecule has 0 bridgehead atoms. The molecule has 1 aromatic rings. The lowest BCUT2D eigenvalue weighted by Crippen LogP contribution is -2.48. The van der Waals surface area contributed by atoms with Crippen LogP contribution in [0.4, 0.5) is 5.69 Å². The molecular weight excluding hydrogens is 326 g/mol. The maximum Gasteiger partial charge on any atom is 0.170 e. The van der Waals surface area contributed by atoms with E-state index in [1.165, 1.54) is 0 Å². The molecule has 1 aromatic carbocycles. The van der Waals surface area contributed by atoms with E-state index in [4.69, 9.17) is 15.7 Å². The van der Waals surface area contributed by atoms with Gasteiger partial charge in [0.25, 0.3) is 0 Å². The van der Waals surface area contributed by atoms with Gasteiger partial charge in [0.15, 0.2) is 5.84 Å². The van der Waals surface area contributed by atoms with Gasteiger partial charge in [0.1, 0.15) is 0 Å². The molecule has 0 saturated carbocycles. The van der Waals surface area contributed by atoms with Crippen molar-refractivity contribution in [2.75, 3.05) is 24.6 Å². The number of ether oxygens (including phenoxy) is 1. The average Bonchev–Trinajstić information content (AvgIpc) is 2.45. The SMILES string of the molecule is CC1CN(c2ccc(/C(N)=N/O)cc2Br)CC(CO)O1. The fourth-order valence-electron chi connectivity index (χ4n) is 2.32. The Labute approximate surface area is 125 Å². The molecule has 110 valence electrons. The lowest BCUT2D eigenvalue weighted by Gasteiger charge is -2.38. The van der Waals surface area contributed by atoms with Gasteiger partial charge in [-0.15, -0.1) is 0 Å². The molecule has 0 spiro atoms. The zero-order valence-electron chi connectivity index (χ0n) is 11.2. The Morgan fingerprint density at radius 3 is 2.90 bits per heavy atom. The number of halogens is 1. The Balaban J connectivity index is 2.24. The maximum absolute atomic E-state index is 9.27. The number of nitrogens with zero attached hydrogens (tertiary/aromatic N) is 2. The molecule has 1 heterocycles. The number of oxime groups is 1. The van der Waals surface area contributed by atoms with Gasteiger partial charge < -0.3 is 25.7 Å². The standard InChI is InChI=1S/C13H18BrN3O3/c1-8-5-17(6-10(7-18)20-8)12-3-2-9(4-11(12)14)13(15)16-19/h2-4,8,10,18-19H,5-7H2,1H3,(H2,15,16). The van der Waals surface area contributed by atoms with Crippen LogP contribution in [0, 0.1) is 0 Å². The zero-order chi connectivity index (χ0) is 14.7. The summed E-state index contributed by atoms with van der Waals surface area (Å²) in [6.45, 7) is 3.36. The summed E-state index contributed by atoms with van der Waals surface area (Å²) in [5, 5.41) is 20.9. The highest BCUT2D eigenvalue weighted by molar-refractivity contribution is 9.10. The molecule has 1 fully saturated rings. The molecule has 7 heteroatoms. The second-order valence-electron chi connectivity index (χ2n) is 4.81. The van der Waals surface area contributed by atoms with Crippen molar-refractivity contribution in [2.45, 2.75) is 19.1 Å². The first kappa shape index (κ1) is 15.1. The van der Waals surface area contributed by atoms with Gasteiger partial charge in [-0.05, 0) is 41.1 Å². The fraction of sp³-hybridized carbons (Fsp3) is 0.462. The van der Waals surface area contributed by atoms with Crippen LogP contribution >= 0.6 is 15.9 Å². The van der Waals surface area contributed by atoms with Crippen molar-refractivity contribution < 1.29 is 15.1 Å². The van der Waals surface area contributed by atoms with Crippen LogP contribution in [-0.4, -0.2) is 48.1 Å². The Morgan fingerprint density at radius 2 is 2.30 bits per heavy atom. The molecule has 1 aliphatic rings. The normalized spacial score (nSPS) is 23.9. The van der Waals surface area contributed by atoms with Gasteiger partial charge in [-0.2, -0.15) is 0 Å². The molecule has 0 aromatic heterocycles. The lowest BCUT2D eigenvalue weighted by molar-refractivity contribution is -0.0421. The molecule has 2 unspecified atom stereocenters. The van der Waals surface area contributed by atoms with E-state index >= 15 is 0 Å². The minimum atomic E-state index is -0.186. The third kappa shape index (κ3) is 3.23. The number of hydrogen-bond acceptors (Lipinski definition) is 5. The molecule has 1 saturated heterocycles. The highest BCUT2D eigenvalue weighted by Crippen LogP contribution is 2.29. The summed E-state index contributed by atoms with van der Waals surface area (Å²) in [7, 11) is 0. The minimum Gasteiger partial charge on any atom is -0.409 e. The first-order chi connectivity index (χ1) is 9.55. The van der Waals surface area contributed by atoms with E-state index in [0.717, 1.165) is 16.7 Å². The van der Waals surface area contributed by atoms with E-state index < -0.39 is 0 Å². The second kappa shape index (κ2) is 6.43. The van der Waals surface area contributed by atoms with Crippen molar-refractivity contribution in [1.29, 1.82) is 0 Å². The smallest absolute Gasteiger partial charge is 0.170 e. The first-order valence-corrected chi connectivity index (χ1v) is 7.13. The summed E-state index contributed by atoms with van der Waals surface area (Å²) in [5.41, 5.74) is 7.21. The van der Waals surface area contributed by atoms with E-state index in [1.807, 2.05) is 13.0 Å². The van der Waals surface area contributed by atoms with E-state index in [-0.39, 0.29) is 24.7 Å². The van der Waals surface area contributed by atoms with Gasteiger partial charge >= 0.3 is 0 Å². The molecule has 20 heavy (non-hydrogen) atoms. The zero-order valence-corrected chi connectivity index (χ0v) is 12.7. The van der Waals surface area contributed by atoms with Gasteiger partial charge in [-0.3, -0.25) is 0 Å². The lowest BCUT2D eigenvalue weighted by atomic mass is 10.1. The predicted octanol–water partition coefficient (Wildman–Crippen LogP) is 1.13. The third-order valence-electron chi connectivity index (χ3n) is 3.22. The molecule has 2 rings (SSSR count). The number of benzene rings is 1. The number of nitrogens with two attached hydrogens (primary N) is 1. The van der Waals surface area contributed by atoms with Crippen molar-refractivity contribution in [2.24, 2.45) is 10.9 Å². The summed E-state index contributed by atoms with van der Waals surface area (Å²) in [6, 6.07) is 5.51. The van der Waals surface area contributed by atoms with Crippen molar-refractivity contribution >= 4 is 27.5 Å². The number of hydrogen-bond donors (Lipinski definition) is 3. The Hall–Kier alpha value is -1.31. The van der Waals surface area contributed by atoms with Crippen LogP contribution in [0.1, 0.15) is 12.5 Å².